The fraction of sp³-hybridized carbons (Fsp3) is 0.538. The second-order valence-electron chi connectivity index (χ2n) is 4.04. The van der Waals surface area contributed by atoms with Gasteiger partial charge in [-0.25, -0.2) is 0 Å². The number of aliphatic hydroxyl groups is 1. The first-order valence-electron chi connectivity index (χ1n) is 5.67. The van der Waals surface area contributed by atoms with Crippen LogP contribution in [0.1, 0.15) is 25.8 Å². The second kappa shape index (κ2) is 5.87. The van der Waals surface area contributed by atoms with E-state index in [-0.39, 0.29) is 12.1 Å². The minimum absolute atomic E-state index is 0.154. The van der Waals surface area contributed by atoms with Gasteiger partial charge in [0.2, 0.25) is 0 Å². The monoisotopic (exact) mass is 223 g/mol. The fourth-order valence-corrected chi connectivity index (χ4v) is 2.03. The zero-order valence-electron chi connectivity index (χ0n) is 10.3. The molecule has 0 heterocycles. The Bertz CT molecular complexity index is 319. The van der Waals surface area contributed by atoms with Crippen LogP contribution in [0.15, 0.2) is 24.3 Å². The standard InChI is InChI=1S/C13H21NO2/c1-4-14-13(2,9-10-15)11-7-5-6-8-12(11)16-3/h5-8,14-15H,4,9-10H2,1-3H3. The third kappa shape index (κ3) is 2.74. The van der Waals surface area contributed by atoms with Crippen molar-refractivity contribution < 1.29 is 9.84 Å². The van der Waals surface area contributed by atoms with Crippen molar-refractivity contribution in [1.29, 1.82) is 0 Å². The molecule has 3 nitrogen and oxygen atoms in total. The summed E-state index contributed by atoms with van der Waals surface area (Å²) in [6.07, 6.45) is 0.668. The van der Waals surface area contributed by atoms with Crippen molar-refractivity contribution in [2.45, 2.75) is 25.8 Å². The van der Waals surface area contributed by atoms with Gasteiger partial charge in [0.1, 0.15) is 5.75 Å². The molecule has 0 amide bonds. The molecule has 0 saturated heterocycles. The van der Waals surface area contributed by atoms with Gasteiger partial charge in [0.25, 0.3) is 0 Å². The van der Waals surface area contributed by atoms with E-state index in [0.717, 1.165) is 17.9 Å². The highest BCUT2D eigenvalue weighted by molar-refractivity contribution is 5.38. The number of benzene rings is 1. The maximum Gasteiger partial charge on any atom is 0.123 e. The van der Waals surface area contributed by atoms with Crippen molar-refractivity contribution in [2.24, 2.45) is 0 Å². The van der Waals surface area contributed by atoms with Gasteiger partial charge in [0.05, 0.1) is 7.11 Å². The van der Waals surface area contributed by atoms with Gasteiger partial charge in [0.15, 0.2) is 0 Å². The molecular weight excluding hydrogens is 202 g/mol. The number of methoxy groups -OCH3 is 1. The average molecular weight is 223 g/mol. The van der Waals surface area contributed by atoms with E-state index in [1.54, 1.807) is 7.11 Å². The van der Waals surface area contributed by atoms with Crippen molar-refractivity contribution in [3.8, 4) is 5.75 Å². The summed E-state index contributed by atoms with van der Waals surface area (Å²) in [5.41, 5.74) is 0.851. The van der Waals surface area contributed by atoms with Crippen LogP contribution < -0.4 is 10.1 Å². The van der Waals surface area contributed by atoms with Gasteiger partial charge >= 0.3 is 0 Å². The van der Waals surface area contributed by atoms with Gasteiger partial charge < -0.3 is 15.2 Å². The summed E-state index contributed by atoms with van der Waals surface area (Å²) in [7, 11) is 1.67. The van der Waals surface area contributed by atoms with E-state index >= 15 is 0 Å². The Kier molecular flexibility index (Phi) is 4.77. The van der Waals surface area contributed by atoms with Crippen LogP contribution in [0.5, 0.6) is 5.75 Å². The van der Waals surface area contributed by atoms with Crippen molar-refractivity contribution in [1.82, 2.24) is 5.32 Å². The van der Waals surface area contributed by atoms with Gasteiger partial charge in [0, 0.05) is 17.7 Å². The molecule has 90 valence electrons. The summed E-state index contributed by atoms with van der Waals surface area (Å²) in [4.78, 5) is 0. The Morgan fingerprint density at radius 1 is 1.38 bits per heavy atom. The van der Waals surface area contributed by atoms with Crippen LogP contribution in [0, 0.1) is 0 Å². The summed E-state index contributed by atoms with van der Waals surface area (Å²) in [6, 6.07) is 7.93. The molecule has 1 rings (SSSR count). The normalized spacial score (nSPS) is 14.5. The quantitative estimate of drug-likeness (QED) is 0.774. The van der Waals surface area contributed by atoms with Gasteiger partial charge in [-0.2, -0.15) is 0 Å². The minimum atomic E-state index is -0.240. The van der Waals surface area contributed by atoms with Crippen LogP contribution in [0.3, 0.4) is 0 Å². The van der Waals surface area contributed by atoms with E-state index in [4.69, 9.17) is 4.74 Å². The smallest absolute Gasteiger partial charge is 0.123 e. The summed E-state index contributed by atoms with van der Waals surface area (Å²) < 4.78 is 5.36. The maximum atomic E-state index is 9.17. The first-order chi connectivity index (χ1) is 7.68. The molecule has 0 aliphatic rings. The molecule has 0 aromatic heterocycles. The number of aliphatic hydroxyl groups excluding tert-OH is 1. The highest BCUT2D eigenvalue weighted by Gasteiger charge is 2.27. The highest BCUT2D eigenvalue weighted by Crippen LogP contribution is 2.31. The van der Waals surface area contributed by atoms with Gasteiger partial charge in [-0.3, -0.25) is 0 Å². The van der Waals surface area contributed by atoms with Crippen LogP contribution in [0.2, 0.25) is 0 Å². The molecule has 16 heavy (non-hydrogen) atoms. The zero-order chi connectivity index (χ0) is 12.0. The number of rotatable bonds is 6. The lowest BCUT2D eigenvalue weighted by Gasteiger charge is -2.31. The zero-order valence-corrected chi connectivity index (χ0v) is 10.3. The molecule has 0 radical (unpaired) electrons. The Morgan fingerprint density at radius 2 is 2.06 bits per heavy atom. The molecule has 0 spiro atoms. The lowest BCUT2D eigenvalue weighted by molar-refractivity contribution is 0.219. The first-order valence-corrected chi connectivity index (χ1v) is 5.67. The molecule has 1 atom stereocenters. The Hall–Kier alpha value is -1.06. The molecule has 1 unspecified atom stereocenters. The van der Waals surface area contributed by atoms with Crippen LogP contribution in [-0.2, 0) is 5.54 Å². The third-order valence-electron chi connectivity index (χ3n) is 2.88. The number of nitrogens with one attached hydrogen (secondary N) is 1. The number of hydrogen-bond acceptors (Lipinski definition) is 3. The van der Waals surface area contributed by atoms with Crippen LogP contribution in [-0.4, -0.2) is 25.4 Å². The van der Waals surface area contributed by atoms with Gasteiger partial charge in [-0.05, 0) is 26.0 Å². The largest absolute Gasteiger partial charge is 0.496 e. The average Bonchev–Trinajstić information content (AvgIpc) is 2.29. The summed E-state index contributed by atoms with van der Waals surface area (Å²) in [5.74, 6) is 0.861. The van der Waals surface area contributed by atoms with Crippen LogP contribution >= 0.6 is 0 Å². The lowest BCUT2D eigenvalue weighted by Crippen LogP contribution is -2.40. The van der Waals surface area contributed by atoms with Crippen molar-refractivity contribution in [3.63, 3.8) is 0 Å². The van der Waals surface area contributed by atoms with E-state index in [9.17, 15) is 5.11 Å². The number of para-hydroxylation sites is 1. The van der Waals surface area contributed by atoms with Gasteiger partial charge in [-0.15, -0.1) is 0 Å². The number of ether oxygens (including phenoxy) is 1. The SMILES string of the molecule is CCNC(C)(CCO)c1ccccc1OC. The molecule has 0 aliphatic heterocycles. The maximum absolute atomic E-state index is 9.17. The molecule has 2 N–H and O–H groups in total. The molecule has 3 heteroatoms. The molecular formula is C13H21NO2. The second-order valence-corrected chi connectivity index (χ2v) is 4.04. The Labute approximate surface area is 97.4 Å². The van der Waals surface area contributed by atoms with Crippen molar-refractivity contribution >= 4 is 0 Å². The number of hydrogen-bond donors (Lipinski definition) is 2. The minimum Gasteiger partial charge on any atom is -0.496 e. The van der Waals surface area contributed by atoms with Gasteiger partial charge in [-0.1, -0.05) is 25.1 Å². The highest BCUT2D eigenvalue weighted by atomic mass is 16.5. The van der Waals surface area contributed by atoms with Crippen LogP contribution in [0.25, 0.3) is 0 Å². The Morgan fingerprint density at radius 3 is 2.62 bits per heavy atom. The Balaban J connectivity index is 3.09. The molecule has 1 aromatic rings. The van der Waals surface area contributed by atoms with E-state index in [1.807, 2.05) is 24.3 Å². The van der Waals surface area contributed by atoms with Crippen molar-refractivity contribution in [3.05, 3.63) is 29.8 Å². The van der Waals surface area contributed by atoms with Crippen molar-refractivity contribution in [2.75, 3.05) is 20.3 Å². The van der Waals surface area contributed by atoms with Crippen LogP contribution in [0.4, 0.5) is 0 Å². The topological polar surface area (TPSA) is 41.5 Å². The molecule has 0 fully saturated rings. The summed E-state index contributed by atoms with van der Waals surface area (Å²) in [5, 5.41) is 12.6. The molecule has 0 aliphatic carbocycles. The third-order valence-corrected chi connectivity index (χ3v) is 2.88. The molecule has 0 saturated carbocycles. The first kappa shape index (κ1) is 13.0. The van der Waals surface area contributed by atoms with E-state index in [1.165, 1.54) is 0 Å². The fourth-order valence-electron chi connectivity index (χ4n) is 2.03. The van der Waals surface area contributed by atoms with E-state index in [0.29, 0.717) is 6.42 Å². The summed E-state index contributed by atoms with van der Waals surface area (Å²) >= 11 is 0. The van der Waals surface area contributed by atoms with E-state index in [2.05, 4.69) is 19.2 Å². The molecule has 1 aromatic carbocycles. The summed E-state index contributed by atoms with van der Waals surface area (Å²) in [6.45, 7) is 5.16. The predicted molar refractivity (Wildman–Crippen MR) is 65.7 cm³/mol. The van der Waals surface area contributed by atoms with E-state index < -0.39 is 0 Å². The lowest BCUT2D eigenvalue weighted by atomic mass is 9.88. The molecule has 0 bridgehead atoms. The predicted octanol–water partition coefficient (Wildman–Crippen LogP) is 1.90.